The Hall–Kier alpha value is -3.75. The third-order valence-corrected chi connectivity index (χ3v) is 3.70. The predicted molar refractivity (Wildman–Crippen MR) is 98.0 cm³/mol. The highest BCUT2D eigenvalue weighted by atomic mass is 19.3. The normalized spacial score (nSPS) is 14.6. The molecular formula is C20H15F2NO6. The average Bonchev–Trinajstić information content (AvgIpc) is 3.02. The quantitative estimate of drug-likeness (QED) is 0.417. The molecule has 2 aromatic carbocycles. The van der Waals surface area contributed by atoms with E-state index in [9.17, 15) is 18.4 Å². The summed E-state index contributed by atoms with van der Waals surface area (Å²) >= 11 is 0. The number of carbonyl (C=O) groups excluding carboxylic acids is 2. The van der Waals surface area contributed by atoms with Crippen LogP contribution in [0.5, 0.6) is 17.2 Å². The van der Waals surface area contributed by atoms with Gasteiger partial charge >= 0.3 is 18.6 Å². The smallest absolute Gasteiger partial charge is 0.387 e. The van der Waals surface area contributed by atoms with Crippen molar-refractivity contribution in [2.45, 2.75) is 13.5 Å². The van der Waals surface area contributed by atoms with Gasteiger partial charge in [0.15, 0.2) is 17.2 Å². The summed E-state index contributed by atoms with van der Waals surface area (Å²) in [6.07, 6.45) is 1.42. The fourth-order valence-corrected chi connectivity index (χ4v) is 2.54. The zero-order valence-corrected chi connectivity index (χ0v) is 15.3. The van der Waals surface area contributed by atoms with Crippen molar-refractivity contribution in [1.82, 2.24) is 0 Å². The van der Waals surface area contributed by atoms with E-state index >= 15 is 0 Å². The van der Waals surface area contributed by atoms with Crippen LogP contribution < -0.4 is 14.2 Å². The van der Waals surface area contributed by atoms with Gasteiger partial charge in [-0.05, 0) is 35.9 Å². The Morgan fingerprint density at radius 1 is 1.14 bits per heavy atom. The Morgan fingerprint density at radius 3 is 2.59 bits per heavy atom. The molecule has 1 heterocycles. The van der Waals surface area contributed by atoms with Gasteiger partial charge in [0, 0.05) is 6.92 Å². The maximum Gasteiger partial charge on any atom is 0.387 e. The highest BCUT2D eigenvalue weighted by Gasteiger charge is 2.27. The molecule has 0 unspecified atom stereocenters. The molecule has 0 atom stereocenters. The predicted octanol–water partition coefficient (Wildman–Crippen LogP) is 3.57. The minimum absolute atomic E-state index is 0.0471. The average molecular weight is 403 g/mol. The zero-order valence-electron chi connectivity index (χ0n) is 15.3. The molecule has 0 amide bonds. The molecule has 7 nitrogen and oxygen atoms in total. The van der Waals surface area contributed by atoms with Gasteiger partial charge in [-0.3, -0.25) is 4.79 Å². The standard InChI is InChI=1S/C20H15F2NO6/c1-11(24)27-16-8-7-12(10-17(16)26-2)9-14-19(25)29-18(23-14)13-5-3-4-6-15(13)28-20(21)22/h3-10,20H,1-2H3/b14-9-. The summed E-state index contributed by atoms with van der Waals surface area (Å²) in [5.41, 5.74) is 0.591. The first kappa shape index (κ1) is 20.0. The van der Waals surface area contributed by atoms with Crippen molar-refractivity contribution in [3.05, 3.63) is 59.3 Å². The first-order valence-electron chi connectivity index (χ1n) is 8.30. The summed E-state index contributed by atoms with van der Waals surface area (Å²) < 4.78 is 44.9. The molecule has 150 valence electrons. The number of alkyl halides is 2. The summed E-state index contributed by atoms with van der Waals surface area (Å²) in [5, 5.41) is 0. The Bertz CT molecular complexity index is 1020. The van der Waals surface area contributed by atoms with Gasteiger partial charge in [0.1, 0.15) is 5.75 Å². The van der Waals surface area contributed by atoms with E-state index in [1.54, 1.807) is 18.2 Å². The third kappa shape index (κ3) is 4.75. The van der Waals surface area contributed by atoms with Crippen LogP contribution in [0.2, 0.25) is 0 Å². The lowest BCUT2D eigenvalue weighted by molar-refractivity contribution is -0.132. The van der Waals surface area contributed by atoms with E-state index in [1.165, 1.54) is 44.4 Å². The van der Waals surface area contributed by atoms with Gasteiger partial charge in [0.2, 0.25) is 5.90 Å². The maximum absolute atomic E-state index is 12.6. The summed E-state index contributed by atoms with van der Waals surface area (Å²) in [6, 6.07) is 10.5. The van der Waals surface area contributed by atoms with Gasteiger partial charge in [0.05, 0.1) is 12.7 Å². The molecule has 9 heteroatoms. The second-order valence-electron chi connectivity index (χ2n) is 5.71. The van der Waals surface area contributed by atoms with Crippen LogP contribution in [0.4, 0.5) is 8.78 Å². The van der Waals surface area contributed by atoms with Crippen molar-refractivity contribution in [2.24, 2.45) is 4.99 Å². The monoisotopic (exact) mass is 403 g/mol. The first-order valence-corrected chi connectivity index (χ1v) is 8.30. The summed E-state index contributed by atoms with van der Waals surface area (Å²) in [4.78, 5) is 27.4. The SMILES string of the molecule is COc1cc(/C=C2\N=C(c3ccccc3OC(F)F)OC2=O)ccc1OC(C)=O. The summed E-state index contributed by atoms with van der Waals surface area (Å²) in [5.74, 6) is -1.08. The maximum atomic E-state index is 12.6. The first-order chi connectivity index (χ1) is 13.9. The largest absolute Gasteiger partial charge is 0.493 e. The van der Waals surface area contributed by atoms with E-state index in [0.29, 0.717) is 5.56 Å². The molecular weight excluding hydrogens is 388 g/mol. The van der Waals surface area contributed by atoms with Crippen LogP contribution in [0.1, 0.15) is 18.1 Å². The van der Waals surface area contributed by atoms with E-state index in [2.05, 4.69) is 9.73 Å². The molecule has 1 aliphatic heterocycles. The summed E-state index contributed by atoms with van der Waals surface area (Å²) in [7, 11) is 1.40. The van der Waals surface area contributed by atoms with Crippen molar-refractivity contribution >= 4 is 23.9 Å². The molecule has 0 saturated heterocycles. The molecule has 0 N–H and O–H groups in total. The van der Waals surface area contributed by atoms with Crippen LogP contribution >= 0.6 is 0 Å². The molecule has 0 aliphatic carbocycles. The summed E-state index contributed by atoms with van der Waals surface area (Å²) in [6.45, 7) is -1.78. The number of ether oxygens (including phenoxy) is 4. The van der Waals surface area contributed by atoms with Crippen LogP contribution in [0.25, 0.3) is 6.08 Å². The Labute approximate surface area is 164 Å². The number of cyclic esters (lactones) is 1. The Balaban J connectivity index is 1.93. The van der Waals surface area contributed by atoms with E-state index in [-0.39, 0.29) is 34.4 Å². The molecule has 0 fully saturated rings. The molecule has 29 heavy (non-hydrogen) atoms. The molecule has 2 aromatic rings. The van der Waals surface area contributed by atoms with Gasteiger partial charge in [-0.25, -0.2) is 9.79 Å². The van der Waals surface area contributed by atoms with Crippen LogP contribution in [-0.4, -0.2) is 31.6 Å². The highest BCUT2D eigenvalue weighted by molar-refractivity contribution is 6.13. The van der Waals surface area contributed by atoms with E-state index in [0.717, 1.165) is 0 Å². The Morgan fingerprint density at radius 2 is 1.90 bits per heavy atom. The van der Waals surface area contributed by atoms with Gasteiger partial charge in [0.25, 0.3) is 0 Å². The van der Waals surface area contributed by atoms with Crippen molar-refractivity contribution < 1.29 is 37.3 Å². The number of hydrogen-bond donors (Lipinski definition) is 0. The van der Waals surface area contributed by atoms with Crippen molar-refractivity contribution in [2.75, 3.05) is 7.11 Å². The van der Waals surface area contributed by atoms with Gasteiger partial charge in [-0.15, -0.1) is 0 Å². The highest BCUT2D eigenvalue weighted by Crippen LogP contribution is 2.30. The molecule has 0 spiro atoms. The van der Waals surface area contributed by atoms with Crippen molar-refractivity contribution in [3.8, 4) is 17.2 Å². The van der Waals surface area contributed by atoms with Crippen LogP contribution in [0.3, 0.4) is 0 Å². The number of aliphatic imine (C=N–C) groups is 1. The number of halogens is 2. The lowest BCUT2D eigenvalue weighted by Crippen LogP contribution is -2.10. The van der Waals surface area contributed by atoms with Crippen molar-refractivity contribution in [1.29, 1.82) is 0 Å². The van der Waals surface area contributed by atoms with E-state index < -0.39 is 18.6 Å². The zero-order chi connectivity index (χ0) is 21.0. The fourth-order valence-electron chi connectivity index (χ4n) is 2.54. The number of rotatable bonds is 6. The molecule has 0 radical (unpaired) electrons. The third-order valence-electron chi connectivity index (χ3n) is 3.70. The van der Waals surface area contributed by atoms with Crippen LogP contribution in [0.15, 0.2) is 53.2 Å². The van der Waals surface area contributed by atoms with Gasteiger partial charge in [-0.1, -0.05) is 18.2 Å². The number of para-hydroxylation sites is 1. The number of esters is 2. The molecule has 3 rings (SSSR count). The van der Waals surface area contributed by atoms with Crippen LogP contribution in [0, 0.1) is 0 Å². The van der Waals surface area contributed by atoms with E-state index in [4.69, 9.17) is 14.2 Å². The van der Waals surface area contributed by atoms with E-state index in [1.807, 2.05) is 0 Å². The number of benzene rings is 2. The van der Waals surface area contributed by atoms with Gasteiger partial charge < -0.3 is 18.9 Å². The number of nitrogens with zero attached hydrogens (tertiary/aromatic N) is 1. The molecule has 0 saturated carbocycles. The number of methoxy groups -OCH3 is 1. The fraction of sp³-hybridized carbons (Fsp3) is 0.150. The van der Waals surface area contributed by atoms with Crippen molar-refractivity contribution in [3.63, 3.8) is 0 Å². The number of carbonyl (C=O) groups is 2. The lowest BCUT2D eigenvalue weighted by atomic mass is 10.1. The topological polar surface area (TPSA) is 83.4 Å². The molecule has 0 aromatic heterocycles. The minimum atomic E-state index is -3.04. The lowest BCUT2D eigenvalue weighted by Gasteiger charge is -2.08. The number of hydrogen-bond acceptors (Lipinski definition) is 7. The van der Waals surface area contributed by atoms with Crippen LogP contribution in [-0.2, 0) is 14.3 Å². The van der Waals surface area contributed by atoms with Gasteiger partial charge in [-0.2, -0.15) is 8.78 Å². The minimum Gasteiger partial charge on any atom is -0.493 e. The second kappa shape index (κ2) is 8.51. The molecule has 1 aliphatic rings. The Kier molecular flexibility index (Phi) is 5.87. The second-order valence-corrected chi connectivity index (χ2v) is 5.71. The molecule has 0 bridgehead atoms.